The van der Waals surface area contributed by atoms with Crippen LogP contribution in [-0.2, 0) is 75.1 Å². The fourth-order valence-corrected chi connectivity index (χ4v) is 17.7. The minimum Gasteiger partial charge on any atom is -0.0561 e. The molecule has 6 rings (SSSR count). The average Bonchev–Trinajstić information content (AvgIpc) is 0.721. The molecule has 88 heavy (non-hydrogen) atoms. The third-order valence-corrected chi connectivity index (χ3v) is 24.3. The van der Waals surface area contributed by atoms with Gasteiger partial charge in [0, 0.05) is 10.1 Å². The minimum absolute atomic E-state index is 0.130. The molecule has 0 nitrogen and oxygen atoms in total. The summed E-state index contributed by atoms with van der Waals surface area (Å²) in [6, 6.07) is 47.7. The third-order valence-electron chi connectivity index (χ3n) is 19.0. The quantitative estimate of drug-likeness (QED) is 0.1000. The van der Waals surface area contributed by atoms with Gasteiger partial charge in [-0.2, -0.15) is 0 Å². The molecule has 0 saturated heterocycles. The molecule has 0 saturated carbocycles. The van der Waals surface area contributed by atoms with Gasteiger partial charge < -0.3 is 0 Å². The van der Waals surface area contributed by atoms with E-state index in [1.165, 1.54) is 100 Å². The van der Waals surface area contributed by atoms with Crippen LogP contribution in [0.25, 0.3) is 0 Å². The van der Waals surface area contributed by atoms with Crippen molar-refractivity contribution in [2.75, 3.05) is 0 Å². The Labute approximate surface area is 548 Å². The highest BCUT2D eigenvalue weighted by atomic mass is 29.1. The van der Waals surface area contributed by atoms with Crippen molar-refractivity contribution in [2.45, 2.75) is 324 Å². The van der Waals surface area contributed by atoms with Crippen LogP contribution in [-0.4, -0.2) is 18.1 Å². The lowest BCUT2D eigenvalue weighted by Gasteiger charge is -2.45. The van der Waals surface area contributed by atoms with Crippen molar-refractivity contribution in [1.29, 1.82) is 0 Å². The van der Waals surface area contributed by atoms with E-state index in [0.29, 0.717) is 18.1 Å². The molecule has 0 bridgehead atoms. The summed E-state index contributed by atoms with van der Waals surface area (Å²) in [7, 11) is 0.722. The topological polar surface area (TPSA) is 0 Å². The van der Waals surface area contributed by atoms with E-state index in [1.54, 1.807) is 0 Å². The molecule has 478 valence electrons. The Morgan fingerprint density at radius 1 is 0.125 bits per heavy atom. The van der Waals surface area contributed by atoms with E-state index in [0.717, 1.165) is 0 Å². The lowest BCUT2D eigenvalue weighted by molar-refractivity contribution is 0.558. The van der Waals surface area contributed by atoms with Gasteiger partial charge in [-0.05, 0) is 165 Å². The Bertz CT molecular complexity index is 2690. The molecule has 0 unspecified atom stereocenters. The molecular formula is C86H126Si2. The summed E-state index contributed by atoms with van der Waals surface area (Å²) < 4.78 is 0. The van der Waals surface area contributed by atoms with E-state index in [9.17, 15) is 0 Å². The van der Waals surface area contributed by atoms with E-state index in [1.807, 2.05) is 0 Å². The maximum atomic E-state index is 2.70. The van der Waals surface area contributed by atoms with Gasteiger partial charge in [-0.25, -0.2) is 0 Å². The summed E-state index contributed by atoms with van der Waals surface area (Å²) in [5, 5.41) is -1.32. The SMILES string of the molecule is CC(C)(C)c1cc(C(C)(C)C)cc(C([Si][Si]C(c2cc(C(C)(C)C)cc(C(C)(C)C)c2)(c2cc(C(C)(C)C)cc(C(C)(C)C)c2)c2cc(C(C)(C)C)cc(C(C)(C)C)c2)(c2cc(C(C)(C)C)cc(C(C)(C)C)c2)c2cc(C(C)(C)C)cc(C(C)(C)C)c2)c1. The summed E-state index contributed by atoms with van der Waals surface area (Å²) in [4.78, 5) is 0. The Morgan fingerprint density at radius 2 is 0.193 bits per heavy atom. The molecule has 0 fully saturated rings. The zero-order chi connectivity index (χ0) is 67.5. The third kappa shape index (κ3) is 16.0. The highest BCUT2D eigenvalue weighted by Gasteiger charge is 2.48. The molecule has 6 aromatic carbocycles. The van der Waals surface area contributed by atoms with E-state index < -0.39 is 10.1 Å². The molecule has 0 amide bonds. The van der Waals surface area contributed by atoms with Gasteiger partial charge in [0.25, 0.3) is 0 Å². The summed E-state index contributed by atoms with van der Waals surface area (Å²) in [6.07, 6.45) is 0. The van der Waals surface area contributed by atoms with Crippen LogP contribution in [0.3, 0.4) is 0 Å². The molecule has 0 spiro atoms. The highest BCUT2D eigenvalue weighted by Crippen LogP contribution is 2.52. The standard InChI is InChI=1S/C86H126Si2/c1-73(2,3)55-37-56(74(4,5)6)44-67(43-55)85(68-45-57(75(7,8)9)38-58(46-68)76(10,11)12,69-47-59(77(13,14)15)39-60(48-69)78(16,17)18)87-88-86(70-49-61(79(19,20)21)40-62(50-70)80(22,23)24,71-51-63(81(25,26)27)41-64(52-71)82(28,29)30)72-53-65(83(31,32)33)42-66(54-72)84(34,35)36/h37-54H,1-36H3. The Balaban J connectivity index is 2.17. The second-order valence-electron chi connectivity index (χ2n) is 39.5. The highest BCUT2D eigenvalue weighted by molar-refractivity contribution is 7.04. The molecule has 4 radical (unpaired) electrons. The van der Waals surface area contributed by atoms with Gasteiger partial charge in [-0.3, -0.25) is 0 Å². The maximum Gasteiger partial charge on any atom is 0.0510 e. The first-order chi connectivity index (χ1) is 39.1. The van der Waals surface area contributed by atoms with Crippen LogP contribution in [0.5, 0.6) is 0 Å². The van der Waals surface area contributed by atoms with Crippen molar-refractivity contribution in [3.05, 3.63) is 209 Å². The predicted octanol–water partition coefficient (Wildman–Crippen LogP) is 23.9. The van der Waals surface area contributed by atoms with E-state index in [-0.39, 0.29) is 65.0 Å². The van der Waals surface area contributed by atoms with Crippen molar-refractivity contribution < 1.29 is 0 Å². The Hall–Kier alpha value is -4.25. The lowest BCUT2D eigenvalue weighted by atomic mass is 9.71. The maximum absolute atomic E-state index is 2.70. The van der Waals surface area contributed by atoms with Crippen molar-refractivity contribution in [1.82, 2.24) is 0 Å². The second kappa shape index (κ2) is 23.4. The normalized spacial score (nSPS) is 14.5. The first-order valence-corrected chi connectivity index (χ1v) is 36.6. The van der Waals surface area contributed by atoms with Crippen LogP contribution in [0.15, 0.2) is 109 Å². The minimum atomic E-state index is -0.662. The van der Waals surface area contributed by atoms with Gasteiger partial charge in [-0.1, -0.05) is 358 Å². The molecule has 0 atom stereocenters. The Morgan fingerprint density at radius 3 is 0.261 bits per heavy atom. The van der Waals surface area contributed by atoms with Gasteiger partial charge in [0.05, 0.1) is 18.1 Å². The summed E-state index contributed by atoms with van der Waals surface area (Å²) in [5.41, 5.74) is 23.5. The number of hydrogen-bond donors (Lipinski definition) is 0. The Kier molecular flexibility index (Phi) is 19.4. The largest absolute Gasteiger partial charge is 0.0561 e. The van der Waals surface area contributed by atoms with Gasteiger partial charge in [-0.15, -0.1) is 0 Å². The van der Waals surface area contributed by atoms with Crippen molar-refractivity contribution >= 4 is 18.1 Å². The molecule has 0 aliphatic heterocycles. The van der Waals surface area contributed by atoms with E-state index >= 15 is 0 Å². The van der Waals surface area contributed by atoms with Gasteiger partial charge in [0.2, 0.25) is 0 Å². The van der Waals surface area contributed by atoms with Crippen LogP contribution >= 0.6 is 0 Å². The monoisotopic (exact) mass is 1210 g/mol. The zero-order valence-electron chi connectivity index (χ0n) is 63.4. The summed E-state index contributed by atoms with van der Waals surface area (Å²) in [5.74, 6) is 0. The van der Waals surface area contributed by atoms with Crippen LogP contribution in [0, 0.1) is 0 Å². The van der Waals surface area contributed by atoms with Crippen LogP contribution in [0.1, 0.15) is 349 Å². The van der Waals surface area contributed by atoms with Gasteiger partial charge in [0.15, 0.2) is 0 Å². The average molecular weight is 1220 g/mol. The van der Waals surface area contributed by atoms with Gasteiger partial charge >= 0.3 is 0 Å². The van der Waals surface area contributed by atoms with Crippen molar-refractivity contribution in [3.8, 4) is 0 Å². The molecule has 0 aliphatic carbocycles. The second-order valence-corrected chi connectivity index (χ2v) is 43.0. The molecule has 0 aliphatic rings. The lowest BCUT2D eigenvalue weighted by Crippen LogP contribution is -2.49. The van der Waals surface area contributed by atoms with Gasteiger partial charge in [0.1, 0.15) is 0 Å². The number of hydrogen-bond acceptors (Lipinski definition) is 0. The van der Waals surface area contributed by atoms with Crippen molar-refractivity contribution in [3.63, 3.8) is 0 Å². The number of benzene rings is 6. The molecule has 6 aromatic rings. The zero-order valence-corrected chi connectivity index (χ0v) is 65.4. The molecule has 2 heteroatoms. The molecule has 0 aromatic heterocycles. The fraction of sp³-hybridized carbons (Fsp3) is 0.581. The summed E-state index contributed by atoms with van der Waals surface area (Å²) >= 11 is 0. The van der Waals surface area contributed by atoms with Crippen molar-refractivity contribution in [2.24, 2.45) is 0 Å². The molecule has 0 heterocycles. The molecule has 0 N–H and O–H groups in total. The van der Waals surface area contributed by atoms with E-state index in [4.69, 9.17) is 0 Å². The first-order valence-electron chi connectivity index (χ1n) is 33.6. The smallest absolute Gasteiger partial charge is 0.0510 e. The summed E-state index contributed by atoms with van der Waals surface area (Å²) in [6.45, 7) is 87.7. The first kappa shape index (κ1) is 72.8. The molecular weight excluding hydrogens is 1090 g/mol. The van der Waals surface area contributed by atoms with Crippen LogP contribution < -0.4 is 0 Å². The number of rotatable bonds is 9. The van der Waals surface area contributed by atoms with E-state index in [2.05, 4.69) is 358 Å². The van der Waals surface area contributed by atoms with Crippen LogP contribution in [0.4, 0.5) is 0 Å². The van der Waals surface area contributed by atoms with Crippen LogP contribution in [0.2, 0.25) is 0 Å². The fourth-order valence-electron chi connectivity index (χ4n) is 11.9. The predicted molar refractivity (Wildman–Crippen MR) is 394 cm³/mol.